The lowest BCUT2D eigenvalue weighted by molar-refractivity contribution is -0.138. The highest BCUT2D eigenvalue weighted by atomic mass is 32.3. The van der Waals surface area contributed by atoms with Gasteiger partial charge in [0, 0.05) is 44.1 Å². The van der Waals surface area contributed by atoms with Gasteiger partial charge in [-0.25, -0.2) is 0 Å². The molecule has 0 spiro atoms. The second-order valence-corrected chi connectivity index (χ2v) is 27.4. The average Bonchev–Trinajstić information content (AvgIpc) is 3.36. The van der Waals surface area contributed by atoms with Crippen molar-refractivity contribution < 1.29 is 51.8 Å². The Hall–Kier alpha value is -6.66. The van der Waals surface area contributed by atoms with E-state index in [0.717, 1.165) is 69.8 Å². The normalized spacial score (nSPS) is 13.3. The molecule has 0 saturated heterocycles. The smallest absolute Gasteiger partial charge is 0.323 e. The molecule has 0 heterocycles. The van der Waals surface area contributed by atoms with Crippen LogP contribution >= 0.6 is 30.9 Å². The zero-order chi connectivity index (χ0) is 56.5. The Labute approximate surface area is 460 Å². The van der Waals surface area contributed by atoms with E-state index in [9.17, 15) is 0 Å². The maximum absolute atomic E-state index is 15.2. The molecule has 9 aromatic rings. The summed E-state index contributed by atoms with van der Waals surface area (Å²) >= 11 is 0. The van der Waals surface area contributed by atoms with Gasteiger partial charge in [-0.3, -0.25) is 0 Å². The first-order valence-electron chi connectivity index (χ1n) is 24.9. The summed E-state index contributed by atoms with van der Waals surface area (Å²) in [5.41, 5.74) is 1.78. The van der Waals surface area contributed by atoms with Crippen molar-refractivity contribution in [1.29, 1.82) is 0 Å². The highest BCUT2D eigenvalue weighted by Crippen LogP contribution is 2.77. The molecule has 0 unspecified atom stereocenters. The van der Waals surface area contributed by atoms with Crippen molar-refractivity contribution in [2.75, 3.05) is 0 Å². The summed E-state index contributed by atoms with van der Waals surface area (Å²) in [5, 5.41) is 0. The fourth-order valence-corrected chi connectivity index (χ4v) is 18.4. The molecule has 0 bridgehead atoms. The average molecular weight is 1140 g/mol. The summed E-state index contributed by atoms with van der Waals surface area (Å²) in [4.78, 5) is 2.31. The molecule has 0 aliphatic heterocycles. The van der Waals surface area contributed by atoms with E-state index in [-0.39, 0.29) is 14.7 Å². The van der Waals surface area contributed by atoms with Crippen LogP contribution in [0.5, 0.6) is 0 Å². The van der Waals surface area contributed by atoms with Crippen LogP contribution in [0.15, 0.2) is 262 Å². The van der Waals surface area contributed by atoms with Crippen LogP contribution in [-0.4, -0.2) is 7.32 Å². The van der Waals surface area contributed by atoms with Crippen molar-refractivity contribution >= 4 is 38.2 Å². The molecule has 0 atom stereocenters. The van der Waals surface area contributed by atoms with Gasteiger partial charge < -0.3 is 12.3 Å². The molecule has 0 N–H and O–H groups in total. The van der Waals surface area contributed by atoms with E-state index in [1.54, 1.807) is 146 Å². The molecule has 0 aliphatic rings. The first-order valence-corrected chi connectivity index (χ1v) is 29.6. The Morgan fingerprint density at radius 2 is 0.430 bits per heavy atom. The molecule has 3 nitrogen and oxygen atoms in total. The van der Waals surface area contributed by atoms with Crippen LogP contribution in [0.3, 0.4) is 0 Å². The highest BCUT2D eigenvalue weighted by Gasteiger charge is 2.51. The van der Waals surface area contributed by atoms with Gasteiger partial charge in [0.15, 0.2) is 0 Å². The molecule has 0 radical (unpaired) electrons. The first kappa shape index (κ1) is 57.0. The van der Waals surface area contributed by atoms with E-state index in [1.165, 1.54) is 36.4 Å². The summed E-state index contributed by atoms with van der Waals surface area (Å²) in [6.45, 7) is 11.1. The standard InChI is InChI=1S/C63H54BF9O3S3/c1-43-16-28-52(29-17-43)77(53-30-18-44(2)19-31-53,58-13-7-10-49(40-58)61(65,66)67)74-64(75-78(54-32-20-45(3)21-33-54,55-34-22-46(4)23-35-55)59-14-8-11-50(41-59)62(68,69)70)76-79(56-36-24-47(5)25-37-56,57-38-26-48(6)27-39-57)60-15-9-12-51(42-60)63(71,72)73/h7-42H,1-6H3. The van der Waals surface area contributed by atoms with Crippen LogP contribution < -0.4 is 0 Å². The monoisotopic (exact) mass is 1140 g/mol. The maximum atomic E-state index is 15.2. The Kier molecular flexibility index (Phi) is 16.2. The zero-order valence-electron chi connectivity index (χ0n) is 43.7. The van der Waals surface area contributed by atoms with Crippen molar-refractivity contribution in [3.63, 3.8) is 0 Å². The summed E-state index contributed by atoms with van der Waals surface area (Å²) in [6.07, 6.45) is -14.6. The molecule has 0 fully saturated rings. The van der Waals surface area contributed by atoms with E-state index < -0.39 is 73.5 Å². The second-order valence-electron chi connectivity index (χ2n) is 19.2. The molecular weight excluding hydrogens is 1080 g/mol. The first-order chi connectivity index (χ1) is 37.4. The topological polar surface area (TPSA) is 27.7 Å². The zero-order valence-corrected chi connectivity index (χ0v) is 46.2. The number of hydrogen-bond donors (Lipinski definition) is 0. The minimum Gasteiger partial charge on any atom is -0.323 e. The van der Waals surface area contributed by atoms with Crippen LogP contribution in [-0.2, 0) is 30.8 Å². The Balaban J connectivity index is 1.48. The number of benzene rings is 9. The van der Waals surface area contributed by atoms with Gasteiger partial charge in [0.1, 0.15) is 0 Å². The third-order valence-electron chi connectivity index (χ3n) is 13.3. The molecule has 16 heteroatoms. The van der Waals surface area contributed by atoms with Gasteiger partial charge in [0.05, 0.1) is 16.7 Å². The maximum Gasteiger partial charge on any atom is 0.673 e. The summed E-state index contributed by atoms with van der Waals surface area (Å²) < 4.78 is 160. The molecule has 9 rings (SSSR count). The fourth-order valence-electron chi connectivity index (χ4n) is 9.06. The van der Waals surface area contributed by atoms with Crippen molar-refractivity contribution in [3.05, 3.63) is 268 Å². The van der Waals surface area contributed by atoms with Gasteiger partial charge in [-0.05, 0) is 169 Å². The van der Waals surface area contributed by atoms with Gasteiger partial charge in [0.25, 0.3) is 0 Å². The lowest BCUT2D eigenvalue weighted by atomic mass is 10.2. The van der Waals surface area contributed by atoms with Crippen molar-refractivity contribution in [2.24, 2.45) is 0 Å². The molecule has 9 aromatic carbocycles. The number of hydrogen-bond acceptors (Lipinski definition) is 3. The number of rotatable bonds is 15. The molecule has 79 heavy (non-hydrogen) atoms. The van der Waals surface area contributed by atoms with E-state index >= 15 is 39.5 Å². The quantitative estimate of drug-likeness (QED) is 0.0756. The Bertz CT molecular complexity index is 3040. The second kappa shape index (κ2) is 22.5. The Morgan fingerprint density at radius 1 is 0.253 bits per heavy atom. The van der Waals surface area contributed by atoms with Crippen molar-refractivity contribution in [3.8, 4) is 0 Å². The van der Waals surface area contributed by atoms with Crippen LogP contribution in [0.1, 0.15) is 50.1 Å². The van der Waals surface area contributed by atoms with Gasteiger partial charge in [-0.1, -0.05) is 155 Å². The highest BCUT2D eigenvalue weighted by molar-refractivity contribution is 8.32. The minimum atomic E-state index is -4.85. The van der Waals surface area contributed by atoms with Crippen LogP contribution in [0.4, 0.5) is 39.5 Å². The SMILES string of the molecule is Cc1ccc(S(OB(OS(c2ccc(C)cc2)(c2ccc(C)cc2)c2cccc(C(F)(F)F)c2)OS(c2ccc(C)cc2)(c2ccc(C)cc2)c2cccc(C(F)(F)F)c2)(c2ccc(C)cc2)c2cccc(C(F)(F)F)c2)cc1. The van der Waals surface area contributed by atoms with Crippen LogP contribution in [0.25, 0.3) is 0 Å². The summed E-state index contributed by atoms with van der Waals surface area (Å²) in [7, 11) is -13.2. The van der Waals surface area contributed by atoms with E-state index in [2.05, 4.69) is 0 Å². The third-order valence-corrected chi connectivity index (χ3v) is 23.0. The molecular formula is C63H54BF9O3S3. The number of alkyl halides is 9. The Morgan fingerprint density at radius 3 is 0.595 bits per heavy atom. The molecule has 408 valence electrons. The lowest BCUT2D eigenvalue weighted by Crippen LogP contribution is -2.33. The van der Waals surface area contributed by atoms with E-state index in [1.807, 2.05) is 41.5 Å². The lowest BCUT2D eigenvalue weighted by Gasteiger charge is -2.49. The van der Waals surface area contributed by atoms with Crippen molar-refractivity contribution in [1.82, 2.24) is 0 Å². The van der Waals surface area contributed by atoms with Gasteiger partial charge in [0.2, 0.25) is 0 Å². The predicted octanol–water partition coefficient (Wildman–Crippen LogP) is 20.6. The fraction of sp³-hybridized carbons (Fsp3) is 0.143. The predicted molar refractivity (Wildman–Crippen MR) is 298 cm³/mol. The number of aryl methyl sites for hydroxylation is 6. The number of halogens is 9. The van der Waals surface area contributed by atoms with E-state index in [4.69, 9.17) is 12.3 Å². The van der Waals surface area contributed by atoms with Crippen LogP contribution in [0.2, 0.25) is 0 Å². The largest absolute Gasteiger partial charge is 0.673 e. The van der Waals surface area contributed by atoms with Gasteiger partial charge in [-0.15, -0.1) is 0 Å². The van der Waals surface area contributed by atoms with E-state index in [0.29, 0.717) is 29.4 Å². The molecule has 0 saturated carbocycles. The molecule has 0 aliphatic carbocycles. The molecule has 0 amide bonds. The van der Waals surface area contributed by atoms with Gasteiger partial charge in [-0.2, -0.15) is 39.5 Å². The minimum absolute atomic E-state index is 0.0305. The summed E-state index contributed by atoms with van der Waals surface area (Å²) in [6, 6.07) is 56.5. The van der Waals surface area contributed by atoms with Crippen molar-refractivity contribution in [2.45, 2.75) is 104 Å². The van der Waals surface area contributed by atoms with Crippen LogP contribution in [0, 0.1) is 41.5 Å². The third kappa shape index (κ3) is 11.8. The molecule has 0 aromatic heterocycles. The van der Waals surface area contributed by atoms with Gasteiger partial charge >= 0.3 is 25.9 Å². The summed E-state index contributed by atoms with van der Waals surface area (Å²) in [5.74, 6) is 0.